The van der Waals surface area contributed by atoms with Crippen molar-refractivity contribution in [2.75, 3.05) is 33.3 Å². The lowest BCUT2D eigenvalue weighted by Crippen LogP contribution is -2.54. The minimum Gasteiger partial charge on any atom is -0.466 e. The Morgan fingerprint density at radius 2 is 1.67 bits per heavy atom. The number of hydrogen-bond donors (Lipinski definition) is 1. The number of rotatable bonds is 9. The first-order valence-electron chi connectivity index (χ1n) is 15.7. The molecule has 3 heterocycles. The van der Waals surface area contributed by atoms with Crippen LogP contribution in [-0.2, 0) is 25.5 Å². The Labute approximate surface area is 268 Å². The Morgan fingerprint density at radius 3 is 2.41 bits per heavy atom. The highest BCUT2D eigenvalue weighted by atomic mass is 16.5. The summed E-state index contributed by atoms with van der Waals surface area (Å²) in [6.07, 6.45) is 1.61. The van der Waals surface area contributed by atoms with Gasteiger partial charge in [0.05, 0.1) is 36.4 Å². The van der Waals surface area contributed by atoms with E-state index in [1.54, 1.807) is 23.8 Å². The van der Waals surface area contributed by atoms with Crippen LogP contribution in [0.1, 0.15) is 36.9 Å². The molecule has 3 aromatic carbocycles. The second-order valence-electron chi connectivity index (χ2n) is 11.8. The van der Waals surface area contributed by atoms with Gasteiger partial charge in [-0.15, -0.1) is 0 Å². The van der Waals surface area contributed by atoms with Crippen LogP contribution < -0.4 is 10.1 Å². The molecule has 3 atom stereocenters. The van der Waals surface area contributed by atoms with Gasteiger partial charge in [-0.25, -0.2) is 4.79 Å². The standard InChI is InChI=1S/C36H38N4O6/c1-3-45-35(43)26-15-11-19-39(22-26)33(41)29(20-24-12-6-4-7-13-24)40-23-30-31(34(40)42)32(37-36(44)38(30)2)25-14-10-18-28(21-25)46-27-16-8-5-9-17-27/h4-10,12-14,16-18,21,26,29,32H,3,11,15,19-20,22-23H2,1-2H3,(H,37,44). The number of likely N-dealkylation sites (N-methyl/N-ethyl adjacent to an activating group) is 1. The molecule has 4 amide bonds. The highest BCUT2D eigenvalue weighted by molar-refractivity contribution is 6.03. The van der Waals surface area contributed by atoms with Crippen LogP contribution >= 0.6 is 0 Å². The summed E-state index contributed by atoms with van der Waals surface area (Å²) in [5, 5.41) is 2.99. The number of esters is 1. The van der Waals surface area contributed by atoms with E-state index in [1.165, 1.54) is 4.90 Å². The first-order chi connectivity index (χ1) is 22.3. The third-order valence-electron chi connectivity index (χ3n) is 8.84. The number of carbonyl (C=O) groups is 4. The van der Waals surface area contributed by atoms with Crippen molar-refractivity contribution >= 4 is 23.8 Å². The summed E-state index contributed by atoms with van der Waals surface area (Å²) in [4.78, 5) is 59.3. The summed E-state index contributed by atoms with van der Waals surface area (Å²) in [7, 11) is 1.63. The monoisotopic (exact) mass is 622 g/mol. The number of benzene rings is 3. The highest BCUT2D eigenvalue weighted by Gasteiger charge is 2.47. The molecule has 10 nitrogen and oxygen atoms in total. The second kappa shape index (κ2) is 13.5. The lowest BCUT2D eigenvalue weighted by atomic mass is 9.95. The van der Waals surface area contributed by atoms with Crippen LogP contribution in [0.2, 0.25) is 0 Å². The molecule has 3 aromatic rings. The summed E-state index contributed by atoms with van der Waals surface area (Å²) >= 11 is 0. The first-order valence-corrected chi connectivity index (χ1v) is 15.7. The first kappa shape index (κ1) is 30.9. The SMILES string of the molecule is CCOC(=O)C1CCCN(C(=O)C(Cc2ccccc2)N2CC3=C(C2=O)C(c2cccc(Oc4ccccc4)c2)NC(=O)N3C)C1. The number of para-hydroxylation sites is 1. The highest BCUT2D eigenvalue weighted by Crippen LogP contribution is 2.38. The van der Waals surface area contributed by atoms with E-state index in [-0.39, 0.29) is 43.5 Å². The summed E-state index contributed by atoms with van der Waals surface area (Å²) < 4.78 is 11.3. The van der Waals surface area contributed by atoms with Gasteiger partial charge in [0.2, 0.25) is 5.91 Å². The molecule has 0 aliphatic carbocycles. The molecule has 10 heteroatoms. The number of piperidine rings is 1. The van der Waals surface area contributed by atoms with Crippen LogP contribution in [0.3, 0.4) is 0 Å². The lowest BCUT2D eigenvalue weighted by Gasteiger charge is -2.37. The number of amides is 4. The molecule has 0 aromatic heterocycles. The van der Waals surface area contributed by atoms with Gasteiger partial charge in [-0.3, -0.25) is 19.3 Å². The van der Waals surface area contributed by atoms with Crippen LogP contribution in [0.5, 0.6) is 11.5 Å². The zero-order valence-corrected chi connectivity index (χ0v) is 26.1. The molecular weight excluding hydrogens is 584 g/mol. The summed E-state index contributed by atoms with van der Waals surface area (Å²) in [6, 6.07) is 24.4. The van der Waals surface area contributed by atoms with Gasteiger partial charge in [-0.1, -0.05) is 60.7 Å². The number of carbonyl (C=O) groups excluding carboxylic acids is 4. The molecule has 0 saturated carbocycles. The van der Waals surface area contributed by atoms with Crippen LogP contribution in [0.15, 0.2) is 96.2 Å². The minimum atomic E-state index is -0.835. The van der Waals surface area contributed by atoms with Gasteiger partial charge >= 0.3 is 12.0 Å². The Kier molecular flexibility index (Phi) is 9.05. The molecule has 1 saturated heterocycles. The van der Waals surface area contributed by atoms with Gasteiger partial charge in [0.15, 0.2) is 0 Å². The predicted octanol–water partition coefficient (Wildman–Crippen LogP) is 4.68. The maximum absolute atomic E-state index is 14.4. The van der Waals surface area contributed by atoms with Gasteiger partial charge in [0.25, 0.3) is 5.91 Å². The molecule has 1 N–H and O–H groups in total. The third-order valence-corrected chi connectivity index (χ3v) is 8.84. The third kappa shape index (κ3) is 6.33. The van der Waals surface area contributed by atoms with Gasteiger partial charge in [0.1, 0.15) is 17.5 Å². The average Bonchev–Trinajstić information content (AvgIpc) is 3.43. The second-order valence-corrected chi connectivity index (χ2v) is 11.8. The molecular formula is C36H38N4O6. The van der Waals surface area contributed by atoms with Crippen LogP contribution in [0, 0.1) is 5.92 Å². The zero-order valence-electron chi connectivity index (χ0n) is 26.1. The molecule has 3 aliphatic heterocycles. The maximum atomic E-state index is 14.4. The Balaban J connectivity index is 1.30. The van der Waals surface area contributed by atoms with Crippen molar-refractivity contribution in [1.29, 1.82) is 0 Å². The van der Waals surface area contributed by atoms with Gasteiger partial charge in [-0.2, -0.15) is 0 Å². The lowest BCUT2D eigenvalue weighted by molar-refractivity contribution is -0.153. The number of likely N-dealkylation sites (tertiary alicyclic amines) is 1. The zero-order chi connectivity index (χ0) is 32.2. The molecule has 0 bridgehead atoms. The van der Waals surface area contributed by atoms with E-state index in [0.29, 0.717) is 54.1 Å². The van der Waals surface area contributed by atoms with E-state index in [0.717, 1.165) is 5.56 Å². The van der Waals surface area contributed by atoms with E-state index in [2.05, 4.69) is 5.32 Å². The Bertz CT molecular complexity index is 1640. The quantitative estimate of drug-likeness (QED) is 0.347. The summed E-state index contributed by atoms with van der Waals surface area (Å²) in [5.41, 5.74) is 2.58. The Morgan fingerprint density at radius 1 is 0.957 bits per heavy atom. The molecule has 238 valence electrons. The fourth-order valence-electron chi connectivity index (χ4n) is 6.48. The molecule has 3 unspecified atom stereocenters. The topological polar surface area (TPSA) is 108 Å². The number of ether oxygens (including phenoxy) is 2. The van der Waals surface area contributed by atoms with Crippen LogP contribution in [0.4, 0.5) is 4.79 Å². The molecule has 0 radical (unpaired) electrons. The maximum Gasteiger partial charge on any atom is 0.322 e. The predicted molar refractivity (Wildman–Crippen MR) is 171 cm³/mol. The van der Waals surface area contributed by atoms with Crippen molar-refractivity contribution < 1.29 is 28.7 Å². The van der Waals surface area contributed by atoms with E-state index >= 15 is 0 Å². The van der Waals surface area contributed by atoms with E-state index < -0.39 is 18.0 Å². The van der Waals surface area contributed by atoms with E-state index in [4.69, 9.17) is 9.47 Å². The fraction of sp³-hybridized carbons (Fsp3) is 0.333. The van der Waals surface area contributed by atoms with Crippen LogP contribution in [0.25, 0.3) is 0 Å². The Hall–Kier alpha value is -5.12. The molecule has 46 heavy (non-hydrogen) atoms. The minimum absolute atomic E-state index is 0.104. The number of urea groups is 1. The summed E-state index contributed by atoms with van der Waals surface area (Å²) in [5.74, 6) is -0.00268. The number of nitrogens with one attached hydrogen (secondary N) is 1. The molecule has 0 spiro atoms. The smallest absolute Gasteiger partial charge is 0.322 e. The van der Waals surface area contributed by atoms with Crippen molar-refractivity contribution in [2.24, 2.45) is 5.92 Å². The van der Waals surface area contributed by atoms with Crippen molar-refractivity contribution in [3.63, 3.8) is 0 Å². The van der Waals surface area contributed by atoms with Crippen molar-refractivity contribution in [1.82, 2.24) is 20.0 Å². The largest absolute Gasteiger partial charge is 0.466 e. The van der Waals surface area contributed by atoms with E-state index in [9.17, 15) is 19.2 Å². The molecule has 1 fully saturated rings. The van der Waals surface area contributed by atoms with Crippen molar-refractivity contribution in [3.05, 3.63) is 107 Å². The van der Waals surface area contributed by atoms with Crippen molar-refractivity contribution in [3.8, 4) is 11.5 Å². The van der Waals surface area contributed by atoms with Crippen molar-refractivity contribution in [2.45, 2.75) is 38.3 Å². The van der Waals surface area contributed by atoms with Gasteiger partial charge in [-0.05, 0) is 55.2 Å². The fourth-order valence-corrected chi connectivity index (χ4v) is 6.48. The normalized spacial score (nSPS) is 20.3. The number of nitrogens with zero attached hydrogens (tertiary/aromatic N) is 3. The van der Waals surface area contributed by atoms with Gasteiger partial charge < -0.3 is 24.6 Å². The number of hydrogen-bond acceptors (Lipinski definition) is 6. The van der Waals surface area contributed by atoms with Crippen LogP contribution in [-0.4, -0.2) is 77.8 Å². The molecule has 3 aliphatic rings. The van der Waals surface area contributed by atoms with Gasteiger partial charge in [0, 0.05) is 26.6 Å². The average molecular weight is 623 g/mol. The summed E-state index contributed by atoms with van der Waals surface area (Å²) in [6.45, 7) is 2.89. The van der Waals surface area contributed by atoms with E-state index in [1.807, 2.05) is 84.9 Å². The molecule has 6 rings (SSSR count).